The van der Waals surface area contributed by atoms with Crippen molar-refractivity contribution in [2.24, 2.45) is 0 Å². The van der Waals surface area contributed by atoms with E-state index in [1.807, 2.05) is 13.0 Å². The molecule has 0 radical (unpaired) electrons. The molecule has 0 amide bonds. The van der Waals surface area contributed by atoms with E-state index in [1.165, 1.54) is 13.4 Å². The SMILES string of the molecule is CCOC/C(C#N)=C\OC. The van der Waals surface area contributed by atoms with Gasteiger partial charge in [0.25, 0.3) is 0 Å². The van der Waals surface area contributed by atoms with E-state index in [2.05, 4.69) is 4.74 Å². The average Bonchev–Trinajstić information content (AvgIpc) is 1.98. The van der Waals surface area contributed by atoms with Crippen LogP contribution in [0.5, 0.6) is 0 Å². The van der Waals surface area contributed by atoms with Crippen LogP contribution in [0.15, 0.2) is 11.8 Å². The second-order valence-electron chi connectivity index (χ2n) is 1.63. The van der Waals surface area contributed by atoms with Gasteiger partial charge in [0.2, 0.25) is 0 Å². The minimum Gasteiger partial charge on any atom is -0.503 e. The van der Waals surface area contributed by atoms with Crippen LogP contribution in [-0.2, 0) is 9.47 Å². The zero-order chi connectivity index (χ0) is 7.82. The maximum atomic E-state index is 8.41. The van der Waals surface area contributed by atoms with E-state index in [1.54, 1.807) is 0 Å². The molecule has 3 heteroatoms. The van der Waals surface area contributed by atoms with Gasteiger partial charge in [-0.3, -0.25) is 0 Å². The molecule has 0 N–H and O–H groups in total. The van der Waals surface area contributed by atoms with E-state index in [9.17, 15) is 0 Å². The Bertz CT molecular complexity index is 146. The lowest BCUT2D eigenvalue weighted by molar-refractivity contribution is 0.170. The lowest BCUT2D eigenvalue weighted by atomic mass is 10.3. The van der Waals surface area contributed by atoms with E-state index in [0.717, 1.165) is 0 Å². The summed E-state index contributed by atoms with van der Waals surface area (Å²) in [6.07, 6.45) is 1.38. The van der Waals surface area contributed by atoms with E-state index in [0.29, 0.717) is 18.8 Å². The topological polar surface area (TPSA) is 42.2 Å². The molecule has 0 saturated carbocycles. The molecule has 0 aliphatic heterocycles. The predicted molar refractivity (Wildman–Crippen MR) is 37.2 cm³/mol. The number of hydrogen-bond donors (Lipinski definition) is 0. The fraction of sp³-hybridized carbons (Fsp3) is 0.571. The Morgan fingerprint density at radius 2 is 2.40 bits per heavy atom. The van der Waals surface area contributed by atoms with Gasteiger partial charge in [0.1, 0.15) is 6.07 Å². The zero-order valence-corrected chi connectivity index (χ0v) is 6.26. The molecular formula is C7H11NO2. The van der Waals surface area contributed by atoms with Crippen molar-refractivity contribution in [3.05, 3.63) is 11.8 Å². The van der Waals surface area contributed by atoms with Gasteiger partial charge < -0.3 is 9.47 Å². The van der Waals surface area contributed by atoms with Crippen LogP contribution in [0.3, 0.4) is 0 Å². The molecule has 0 fully saturated rings. The molecule has 3 nitrogen and oxygen atoms in total. The normalized spacial score (nSPS) is 10.7. The van der Waals surface area contributed by atoms with Crippen molar-refractivity contribution in [3.63, 3.8) is 0 Å². The van der Waals surface area contributed by atoms with E-state index >= 15 is 0 Å². The van der Waals surface area contributed by atoms with Crippen LogP contribution in [0, 0.1) is 11.3 Å². The number of ether oxygens (including phenoxy) is 2. The first kappa shape index (κ1) is 8.99. The van der Waals surface area contributed by atoms with Gasteiger partial charge in [-0.05, 0) is 6.92 Å². The summed E-state index contributed by atoms with van der Waals surface area (Å²) in [6.45, 7) is 2.82. The van der Waals surface area contributed by atoms with Crippen molar-refractivity contribution in [2.45, 2.75) is 6.92 Å². The predicted octanol–water partition coefficient (Wildman–Crippen LogP) is 1.08. The first-order chi connectivity index (χ1) is 4.85. The van der Waals surface area contributed by atoms with Gasteiger partial charge >= 0.3 is 0 Å². The summed E-state index contributed by atoms with van der Waals surface area (Å²) in [5, 5.41) is 8.41. The van der Waals surface area contributed by atoms with Crippen LogP contribution >= 0.6 is 0 Å². The monoisotopic (exact) mass is 141 g/mol. The first-order valence-electron chi connectivity index (χ1n) is 3.04. The van der Waals surface area contributed by atoms with Crippen LogP contribution in [0.2, 0.25) is 0 Å². The summed E-state index contributed by atoms with van der Waals surface area (Å²) in [5.41, 5.74) is 0.504. The summed E-state index contributed by atoms with van der Waals surface area (Å²) in [5.74, 6) is 0. The summed E-state index contributed by atoms with van der Waals surface area (Å²) < 4.78 is 9.60. The summed E-state index contributed by atoms with van der Waals surface area (Å²) in [6, 6.07) is 1.95. The maximum absolute atomic E-state index is 8.41. The number of nitrogens with zero attached hydrogens (tertiary/aromatic N) is 1. The van der Waals surface area contributed by atoms with E-state index in [-0.39, 0.29) is 0 Å². The van der Waals surface area contributed by atoms with Gasteiger partial charge in [0.05, 0.1) is 25.6 Å². The molecule has 0 aromatic heterocycles. The van der Waals surface area contributed by atoms with Gasteiger partial charge in [-0.2, -0.15) is 5.26 Å². The average molecular weight is 141 g/mol. The molecule has 0 aromatic carbocycles. The molecule has 0 aliphatic carbocycles. The van der Waals surface area contributed by atoms with Gasteiger partial charge in [-0.15, -0.1) is 0 Å². The molecule has 0 saturated heterocycles. The standard InChI is InChI=1S/C7H11NO2/c1-3-10-6-7(4-8)5-9-2/h5H,3,6H2,1-2H3/b7-5-. The first-order valence-corrected chi connectivity index (χ1v) is 3.04. The van der Waals surface area contributed by atoms with Crippen molar-refractivity contribution in [1.82, 2.24) is 0 Å². The minimum absolute atomic E-state index is 0.334. The van der Waals surface area contributed by atoms with Gasteiger partial charge in [0, 0.05) is 6.61 Å². The van der Waals surface area contributed by atoms with Crippen LogP contribution in [0.4, 0.5) is 0 Å². The van der Waals surface area contributed by atoms with Gasteiger partial charge in [-0.1, -0.05) is 0 Å². The van der Waals surface area contributed by atoms with Crippen molar-refractivity contribution in [3.8, 4) is 6.07 Å². The Balaban J connectivity index is 3.64. The Hall–Kier alpha value is -1.01. The number of nitriles is 1. The largest absolute Gasteiger partial charge is 0.503 e. The molecule has 0 atom stereocenters. The van der Waals surface area contributed by atoms with Crippen LogP contribution < -0.4 is 0 Å². The molecule has 0 aromatic rings. The molecule has 0 heterocycles. The van der Waals surface area contributed by atoms with E-state index in [4.69, 9.17) is 10.00 Å². The zero-order valence-electron chi connectivity index (χ0n) is 6.26. The second kappa shape index (κ2) is 6.12. The maximum Gasteiger partial charge on any atom is 0.100 e. The summed E-state index contributed by atoms with van der Waals surface area (Å²) in [7, 11) is 1.50. The third kappa shape index (κ3) is 3.93. The highest BCUT2D eigenvalue weighted by Crippen LogP contribution is 1.92. The Kier molecular flexibility index (Phi) is 5.50. The van der Waals surface area contributed by atoms with Crippen LogP contribution in [0.25, 0.3) is 0 Å². The summed E-state index contributed by atoms with van der Waals surface area (Å²) >= 11 is 0. The molecule has 0 bridgehead atoms. The molecule has 0 unspecified atom stereocenters. The van der Waals surface area contributed by atoms with Crippen molar-refractivity contribution in [1.29, 1.82) is 5.26 Å². The third-order valence-corrected chi connectivity index (χ3v) is 0.865. The highest BCUT2D eigenvalue weighted by Gasteiger charge is 1.92. The molecule has 10 heavy (non-hydrogen) atoms. The fourth-order valence-electron chi connectivity index (χ4n) is 0.447. The molecule has 0 spiro atoms. The number of rotatable bonds is 4. The van der Waals surface area contributed by atoms with Crippen molar-refractivity contribution in [2.75, 3.05) is 20.3 Å². The minimum atomic E-state index is 0.334. The van der Waals surface area contributed by atoms with Crippen LogP contribution in [-0.4, -0.2) is 20.3 Å². The Morgan fingerprint density at radius 3 is 2.80 bits per heavy atom. The molecular weight excluding hydrogens is 130 g/mol. The number of methoxy groups -OCH3 is 1. The quantitative estimate of drug-likeness (QED) is 0.434. The van der Waals surface area contributed by atoms with Gasteiger partial charge in [-0.25, -0.2) is 0 Å². The molecule has 0 aliphatic rings. The second-order valence-corrected chi connectivity index (χ2v) is 1.63. The fourth-order valence-corrected chi connectivity index (χ4v) is 0.447. The Morgan fingerprint density at radius 1 is 1.70 bits per heavy atom. The van der Waals surface area contributed by atoms with Crippen molar-refractivity contribution < 1.29 is 9.47 Å². The van der Waals surface area contributed by atoms with E-state index < -0.39 is 0 Å². The van der Waals surface area contributed by atoms with Crippen molar-refractivity contribution >= 4 is 0 Å². The highest BCUT2D eigenvalue weighted by molar-refractivity contribution is 5.18. The van der Waals surface area contributed by atoms with Gasteiger partial charge in [0.15, 0.2) is 0 Å². The smallest absolute Gasteiger partial charge is 0.100 e. The lowest BCUT2D eigenvalue weighted by Crippen LogP contribution is -1.95. The van der Waals surface area contributed by atoms with Crippen LogP contribution in [0.1, 0.15) is 6.92 Å². The lowest BCUT2D eigenvalue weighted by Gasteiger charge is -1.96. The Labute approximate surface area is 60.9 Å². The molecule has 56 valence electrons. The highest BCUT2D eigenvalue weighted by atomic mass is 16.5. The third-order valence-electron chi connectivity index (χ3n) is 0.865. The summed E-state index contributed by atoms with van der Waals surface area (Å²) in [4.78, 5) is 0. The molecule has 0 rings (SSSR count). The number of hydrogen-bond acceptors (Lipinski definition) is 3.